The van der Waals surface area contributed by atoms with E-state index in [0.29, 0.717) is 17.5 Å². The normalized spacial score (nSPS) is 18.9. The first-order valence-electron chi connectivity index (χ1n) is 7.46. The second kappa shape index (κ2) is 6.39. The Bertz CT molecular complexity index is 807. The van der Waals surface area contributed by atoms with Crippen LogP contribution in [0.15, 0.2) is 42.5 Å². The molecular formula is C18H15F2NO3. The lowest BCUT2D eigenvalue weighted by Gasteiger charge is -2.06. The van der Waals surface area contributed by atoms with Crippen LogP contribution in [0.5, 0.6) is 0 Å². The summed E-state index contributed by atoms with van der Waals surface area (Å²) >= 11 is 0. The predicted molar refractivity (Wildman–Crippen MR) is 82.0 cm³/mol. The van der Waals surface area contributed by atoms with Gasteiger partial charge in [-0.05, 0) is 47.9 Å². The van der Waals surface area contributed by atoms with Gasteiger partial charge in [0.05, 0.1) is 5.92 Å². The Hall–Kier alpha value is -2.76. The van der Waals surface area contributed by atoms with Crippen LogP contribution in [0, 0.1) is 17.6 Å². The molecule has 0 bridgehead atoms. The Kier molecular flexibility index (Phi) is 4.29. The van der Waals surface area contributed by atoms with Gasteiger partial charge in [-0.3, -0.25) is 9.59 Å². The van der Waals surface area contributed by atoms with E-state index in [1.165, 1.54) is 0 Å². The molecule has 2 aromatic carbocycles. The van der Waals surface area contributed by atoms with Crippen molar-refractivity contribution >= 4 is 11.9 Å². The Labute approximate surface area is 137 Å². The number of halogens is 2. The van der Waals surface area contributed by atoms with Crippen molar-refractivity contribution in [3.8, 4) is 0 Å². The number of rotatable bonds is 5. The fourth-order valence-corrected chi connectivity index (χ4v) is 2.67. The molecule has 0 saturated heterocycles. The van der Waals surface area contributed by atoms with Crippen LogP contribution in [0.4, 0.5) is 8.78 Å². The summed E-state index contributed by atoms with van der Waals surface area (Å²) in [4.78, 5) is 23.2. The first kappa shape index (κ1) is 16.1. The molecule has 1 saturated carbocycles. The van der Waals surface area contributed by atoms with E-state index in [0.717, 1.165) is 18.2 Å². The summed E-state index contributed by atoms with van der Waals surface area (Å²) in [6.07, 6.45) is 0.431. The maximum absolute atomic E-state index is 13.7. The molecule has 6 heteroatoms. The van der Waals surface area contributed by atoms with Crippen LogP contribution >= 0.6 is 0 Å². The molecule has 1 aliphatic carbocycles. The minimum Gasteiger partial charge on any atom is -0.461 e. The van der Waals surface area contributed by atoms with Crippen LogP contribution in [0.2, 0.25) is 0 Å². The zero-order chi connectivity index (χ0) is 17.3. The van der Waals surface area contributed by atoms with Crippen molar-refractivity contribution in [3.63, 3.8) is 0 Å². The molecule has 0 unspecified atom stereocenters. The highest BCUT2D eigenvalue weighted by Gasteiger charge is 2.46. The summed E-state index contributed by atoms with van der Waals surface area (Å²) in [5.41, 5.74) is 6.36. The summed E-state index contributed by atoms with van der Waals surface area (Å²) in [5, 5.41) is 0. The number of carbonyl (C=O) groups excluding carboxylic acids is 2. The smallest absolute Gasteiger partial charge is 0.309 e. The molecule has 2 atom stereocenters. The monoisotopic (exact) mass is 331 g/mol. The van der Waals surface area contributed by atoms with Gasteiger partial charge >= 0.3 is 5.97 Å². The van der Waals surface area contributed by atoms with Gasteiger partial charge in [-0.15, -0.1) is 0 Å². The van der Waals surface area contributed by atoms with Crippen LogP contribution in [0.3, 0.4) is 0 Å². The van der Waals surface area contributed by atoms with E-state index in [9.17, 15) is 18.4 Å². The average molecular weight is 331 g/mol. The van der Waals surface area contributed by atoms with Crippen LogP contribution in [0.1, 0.15) is 33.8 Å². The number of hydrogen-bond donors (Lipinski definition) is 1. The van der Waals surface area contributed by atoms with Gasteiger partial charge in [-0.1, -0.05) is 12.1 Å². The van der Waals surface area contributed by atoms with E-state index >= 15 is 0 Å². The largest absolute Gasteiger partial charge is 0.461 e. The third-order valence-corrected chi connectivity index (χ3v) is 4.04. The summed E-state index contributed by atoms with van der Waals surface area (Å²) in [5.74, 6) is -2.91. The van der Waals surface area contributed by atoms with Gasteiger partial charge < -0.3 is 10.5 Å². The molecule has 1 amide bonds. The van der Waals surface area contributed by atoms with Gasteiger partial charge in [0.25, 0.3) is 0 Å². The lowest BCUT2D eigenvalue weighted by atomic mass is 10.1. The van der Waals surface area contributed by atoms with Crippen molar-refractivity contribution in [1.29, 1.82) is 0 Å². The van der Waals surface area contributed by atoms with Gasteiger partial charge in [0.15, 0.2) is 0 Å². The number of amides is 1. The average Bonchev–Trinajstić information content (AvgIpc) is 3.35. The molecule has 1 fully saturated rings. The zero-order valence-corrected chi connectivity index (χ0v) is 12.7. The second-order valence-electron chi connectivity index (χ2n) is 5.79. The third-order valence-electron chi connectivity index (χ3n) is 4.04. The van der Waals surface area contributed by atoms with E-state index in [-0.39, 0.29) is 18.1 Å². The molecule has 2 N–H and O–H groups in total. The molecule has 0 aromatic heterocycles. The fourth-order valence-electron chi connectivity index (χ4n) is 2.67. The molecule has 0 radical (unpaired) electrons. The van der Waals surface area contributed by atoms with Gasteiger partial charge in [0, 0.05) is 11.5 Å². The van der Waals surface area contributed by atoms with Gasteiger partial charge in [-0.2, -0.15) is 0 Å². The lowest BCUT2D eigenvalue weighted by molar-refractivity contribution is -0.146. The summed E-state index contributed by atoms with van der Waals surface area (Å²) in [6.45, 7) is -0.00515. The molecule has 124 valence electrons. The molecule has 0 heterocycles. The lowest BCUT2D eigenvalue weighted by Crippen LogP contribution is -2.12. The highest BCUT2D eigenvalue weighted by molar-refractivity contribution is 5.92. The molecule has 0 spiro atoms. The van der Waals surface area contributed by atoms with Gasteiger partial charge in [0.2, 0.25) is 5.91 Å². The number of esters is 1. The predicted octanol–water partition coefficient (Wildman–Crippen LogP) is 2.91. The molecule has 0 aliphatic heterocycles. The Morgan fingerprint density at radius 3 is 2.71 bits per heavy atom. The van der Waals surface area contributed by atoms with Crippen molar-refractivity contribution in [1.82, 2.24) is 0 Å². The number of ether oxygens (including phenoxy) is 1. The standard InChI is InChI=1S/C18H15F2NO3/c19-12-4-5-16(20)14(7-12)13-8-15(13)18(23)24-9-10-2-1-3-11(6-10)17(21)22/h1-7,13,15H,8-9H2,(H2,21,22)/t13-,15+/m1/s1. The van der Waals surface area contributed by atoms with E-state index in [4.69, 9.17) is 10.5 Å². The Morgan fingerprint density at radius 1 is 1.17 bits per heavy atom. The summed E-state index contributed by atoms with van der Waals surface area (Å²) < 4.78 is 32.1. The minimum absolute atomic E-state index is 0.00515. The van der Waals surface area contributed by atoms with Crippen molar-refractivity contribution in [2.45, 2.75) is 18.9 Å². The van der Waals surface area contributed by atoms with Crippen LogP contribution in [0.25, 0.3) is 0 Å². The number of carbonyl (C=O) groups is 2. The van der Waals surface area contributed by atoms with Gasteiger partial charge in [-0.25, -0.2) is 8.78 Å². The van der Waals surface area contributed by atoms with E-state index in [1.807, 2.05) is 0 Å². The third kappa shape index (κ3) is 3.42. The fraction of sp³-hybridized carbons (Fsp3) is 0.222. The number of benzene rings is 2. The zero-order valence-electron chi connectivity index (χ0n) is 12.7. The van der Waals surface area contributed by atoms with Crippen molar-refractivity contribution in [2.24, 2.45) is 11.7 Å². The first-order chi connectivity index (χ1) is 11.5. The number of primary amides is 1. The Balaban J connectivity index is 1.60. The maximum Gasteiger partial charge on any atom is 0.309 e. The number of nitrogens with two attached hydrogens (primary N) is 1. The summed E-state index contributed by atoms with van der Waals surface area (Å²) in [6, 6.07) is 9.68. The molecule has 2 aromatic rings. The van der Waals surface area contributed by atoms with Crippen LogP contribution in [-0.4, -0.2) is 11.9 Å². The first-order valence-corrected chi connectivity index (χ1v) is 7.46. The van der Waals surface area contributed by atoms with Crippen molar-refractivity contribution < 1.29 is 23.1 Å². The van der Waals surface area contributed by atoms with Gasteiger partial charge in [0.1, 0.15) is 18.2 Å². The SMILES string of the molecule is NC(=O)c1cccc(COC(=O)[C@H]2C[C@@H]2c2cc(F)ccc2F)c1. The Morgan fingerprint density at radius 2 is 1.96 bits per heavy atom. The quantitative estimate of drug-likeness (QED) is 0.857. The highest BCUT2D eigenvalue weighted by atomic mass is 19.1. The molecule has 3 rings (SSSR count). The maximum atomic E-state index is 13.7. The molecule has 1 aliphatic rings. The topological polar surface area (TPSA) is 69.4 Å². The second-order valence-corrected chi connectivity index (χ2v) is 5.79. The molecule has 24 heavy (non-hydrogen) atoms. The number of hydrogen-bond acceptors (Lipinski definition) is 3. The van der Waals surface area contributed by atoms with Crippen molar-refractivity contribution in [3.05, 3.63) is 70.8 Å². The van der Waals surface area contributed by atoms with E-state index in [2.05, 4.69) is 0 Å². The summed E-state index contributed by atoms with van der Waals surface area (Å²) in [7, 11) is 0. The van der Waals surface area contributed by atoms with E-state index < -0.39 is 29.4 Å². The minimum atomic E-state index is -0.563. The van der Waals surface area contributed by atoms with Crippen LogP contribution in [-0.2, 0) is 16.1 Å². The van der Waals surface area contributed by atoms with Crippen LogP contribution < -0.4 is 5.73 Å². The molecular weight excluding hydrogens is 316 g/mol. The highest BCUT2D eigenvalue weighted by Crippen LogP contribution is 2.49. The van der Waals surface area contributed by atoms with E-state index in [1.54, 1.807) is 24.3 Å². The molecule has 4 nitrogen and oxygen atoms in total. The van der Waals surface area contributed by atoms with Crippen molar-refractivity contribution in [2.75, 3.05) is 0 Å².